The summed E-state index contributed by atoms with van der Waals surface area (Å²) in [6.07, 6.45) is 1.55. The van der Waals surface area contributed by atoms with E-state index in [-0.39, 0.29) is 5.91 Å². The Morgan fingerprint density at radius 1 is 1.08 bits per heavy atom. The molecule has 1 saturated heterocycles. The van der Waals surface area contributed by atoms with Crippen LogP contribution >= 0.6 is 0 Å². The highest BCUT2D eigenvalue weighted by atomic mass is 16.2. The van der Waals surface area contributed by atoms with Gasteiger partial charge in [-0.05, 0) is 38.4 Å². The Balaban J connectivity index is 2.04. The number of aromatic nitrogens is 2. The highest BCUT2D eigenvalue weighted by Gasteiger charge is 2.28. The minimum absolute atomic E-state index is 0.140. The maximum Gasteiger partial charge on any atom is 0.257 e. The highest BCUT2D eigenvalue weighted by molar-refractivity contribution is 5.97. The average Bonchev–Trinajstić information content (AvgIpc) is 3.00. The summed E-state index contributed by atoms with van der Waals surface area (Å²) in [5.74, 6) is 0.140. The molecule has 0 unspecified atom stereocenters. The fourth-order valence-corrected chi connectivity index (χ4v) is 3.49. The van der Waals surface area contributed by atoms with Crippen LogP contribution in [0.15, 0.2) is 24.3 Å². The zero-order valence-corrected chi connectivity index (χ0v) is 15.7. The van der Waals surface area contributed by atoms with Gasteiger partial charge < -0.3 is 9.80 Å². The first-order valence-corrected chi connectivity index (χ1v) is 9.21. The van der Waals surface area contributed by atoms with Crippen molar-refractivity contribution in [2.45, 2.75) is 33.6 Å². The Kier molecular flexibility index (Phi) is 5.23. The smallest absolute Gasteiger partial charge is 0.257 e. The van der Waals surface area contributed by atoms with Gasteiger partial charge in [-0.25, -0.2) is 4.68 Å². The first-order valence-electron chi connectivity index (χ1n) is 9.21. The summed E-state index contributed by atoms with van der Waals surface area (Å²) in [7, 11) is 2.10. The van der Waals surface area contributed by atoms with Crippen molar-refractivity contribution in [2.75, 3.05) is 33.2 Å². The van der Waals surface area contributed by atoms with E-state index < -0.39 is 0 Å². The Bertz CT molecular complexity index is 757. The molecule has 0 radical (unpaired) electrons. The minimum Gasteiger partial charge on any atom is -0.336 e. The van der Waals surface area contributed by atoms with Crippen LogP contribution in [-0.4, -0.2) is 58.7 Å². The second-order valence-electron chi connectivity index (χ2n) is 6.77. The number of carbonyl (C=O) groups is 1. The summed E-state index contributed by atoms with van der Waals surface area (Å²) >= 11 is 0. The molecule has 1 aliphatic rings. The molecule has 1 aromatic carbocycles. The van der Waals surface area contributed by atoms with Crippen LogP contribution in [0.5, 0.6) is 0 Å². The van der Waals surface area contributed by atoms with Crippen molar-refractivity contribution in [3.05, 3.63) is 46.8 Å². The summed E-state index contributed by atoms with van der Waals surface area (Å²) in [4.78, 5) is 17.5. The van der Waals surface area contributed by atoms with E-state index in [2.05, 4.69) is 44.9 Å². The van der Waals surface area contributed by atoms with Crippen molar-refractivity contribution in [2.24, 2.45) is 0 Å². The molecule has 5 heteroatoms. The van der Waals surface area contributed by atoms with Gasteiger partial charge in [0.05, 0.1) is 22.6 Å². The molecule has 5 nitrogen and oxygen atoms in total. The van der Waals surface area contributed by atoms with Crippen LogP contribution < -0.4 is 0 Å². The third-order valence-electron chi connectivity index (χ3n) is 5.07. The van der Waals surface area contributed by atoms with Crippen molar-refractivity contribution in [1.29, 1.82) is 0 Å². The summed E-state index contributed by atoms with van der Waals surface area (Å²) in [5, 5.41) is 4.82. The lowest BCUT2D eigenvalue weighted by molar-refractivity contribution is 0.0662. The molecular formula is C20H28N4O. The zero-order valence-electron chi connectivity index (χ0n) is 15.7. The van der Waals surface area contributed by atoms with Crippen LogP contribution in [0.25, 0.3) is 5.69 Å². The van der Waals surface area contributed by atoms with Gasteiger partial charge in [0.15, 0.2) is 0 Å². The molecular weight excluding hydrogens is 312 g/mol. The molecule has 1 amide bonds. The summed E-state index contributed by atoms with van der Waals surface area (Å²) in [5.41, 5.74) is 4.98. The van der Waals surface area contributed by atoms with Crippen molar-refractivity contribution in [3.8, 4) is 5.69 Å². The van der Waals surface area contributed by atoms with Crippen molar-refractivity contribution in [3.63, 3.8) is 0 Å². The fourth-order valence-electron chi connectivity index (χ4n) is 3.49. The van der Waals surface area contributed by atoms with E-state index in [0.717, 1.165) is 61.7 Å². The van der Waals surface area contributed by atoms with Gasteiger partial charge in [0.25, 0.3) is 5.91 Å². The Hall–Kier alpha value is -2.14. The second-order valence-corrected chi connectivity index (χ2v) is 6.77. The van der Waals surface area contributed by atoms with Crippen LogP contribution in [-0.2, 0) is 12.8 Å². The molecule has 1 aliphatic heterocycles. The lowest BCUT2D eigenvalue weighted by atomic mass is 10.1. The monoisotopic (exact) mass is 340 g/mol. The molecule has 134 valence electrons. The lowest BCUT2D eigenvalue weighted by Gasteiger charge is -2.32. The molecule has 0 bridgehead atoms. The molecule has 1 aromatic heterocycles. The number of carbonyl (C=O) groups excluding carboxylic acids is 1. The molecule has 25 heavy (non-hydrogen) atoms. The van der Waals surface area contributed by atoms with Gasteiger partial charge in [-0.2, -0.15) is 5.10 Å². The van der Waals surface area contributed by atoms with E-state index in [1.807, 2.05) is 21.7 Å². The number of amides is 1. The van der Waals surface area contributed by atoms with Crippen molar-refractivity contribution >= 4 is 5.91 Å². The Morgan fingerprint density at radius 2 is 1.76 bits per heavy atom. The average molecular weight is 340 g/mol. The van der Waals surface area contributed by atoms with Crippen molar-refractivity contribution < 1.29 is 4.79 Å². The predicted octanol–water partition coefficient (Wildman–Crippen LogP) is 2.69. The lowest BCUT2D eigenvalue weighted by Crippen LogP contribution is -2.47. The van der Waals surface area contributed by atoms with Gasteiger partial charge in [0.2, 0.25) is 0 Å². The standard InChI is InChI=1S/C20H28N4O/c1-5-16-19(20(25)23-13-11-22(4)12-14-23)17(6-2)24(21-16)18-10-8-7-9-15(18)3/h7-10H,5-6,11-14H2,1-4H3. The summed E-state index contributed by atoms with van der Waals surface area (Å²) < 4.78 is 1.98. The van der Waals surface area contributed by atoms with Gasteiger partial charge in [0.1, 0.15) is 0 Å². The largest absolute Gasteiger partial charge is 0.336 e. The van der Waals surface area contributed by atoms with Gasteiger partial charge in [-0.3, -0.25) is 4.79 Å². The molecule has 0 saturated carbocycles. The van der Waals surface area contributed by atoms with Crippen LogP contribution in [0.4, 0.5) is 0 Å². The first-order chi connectivity index (χ1) is 12.1. The topological polar surface area (TPSA) is 41.4 Å². The van der Waals surface area contributed by atoms with E-state index in [1.54, 1.807) is 0 Å². The summed E-state index contributed by atoms with van der Waals surface area (Å²) in [6, 6.07) is 8.22. The van der Waals surface area contributed by atoms with E-state index in [9.17, 15) is 4.79 Å². The highest BCUT2D eigenvalue weighted by Crippen LogP contribution is 2.24. The third kappa shape index (κ3) is 3.33. The number of para-hydroxylation sites is 1. The normalized spacial score (nSPS) is 15.6. The number of likely N-dealkylation sites (N-methyl/N-ethyl adjacent to an activating group) is 1. The number of rotatable bonds is 4. The van der Waals surface area contributed by atoms with Crippen molar-refractivity contribution in [1.82, 2.24) is 19.6 Å². The second kappa shape index (κ2) is 7.40. The molecule has 0 atom stereocenters. The van der Waals surface area contributed by atoms with Crippen LogP contribution in [0.3, 0.4) is 0 Å². The molecule has 3 rings (SSSR count). The van der Waals surface area contributed by atoms with Crippen LogP contribution in [0.1, 0.15) is 41.2 Å². The predicted molar refractivity (Wildman–Crippen MR) is 100 cm³/mol. The van der Waals surface area contributed by atoms with Gasteiger partial charge >= 0.3 is 0 Å². The maximum absolute atomic E-state index is 13.2. The number of piperazine rings is 1. The van der Waals surface area contributed by atoms with E-state index in [4.69, 9.17) is 5.10 Å². The quantitative estimate of drug-likeness (QED) is 0.859. The Morgan fingerprint density at radius 3 is 2.36 bits per heavy atom. The van der Waals surface area contributed by atoms with Gasteiger partial charge in [-0.15, -0.1) is 0 Å². The zero-order chi connectivity index (χ0) is 18.0. The SMILES string of the molecule is CCc1nn(-c2ccccc2C)c(CC)c1C(=O)N1CCN(C)CC1. The number of hydrogen-bond donors (Lipinski definition) is 0. The fraction of sp³-hybridized carbons (Fsp3) is 0.500. The van der Waals surface area contributed by atoms with Crippen LogP contribution in [0, 0.1) is 6.92 Å². The van der Waals surface area contributed by atoms with E-state index in [0.29, 0.717) is 0 Å². The number of aryl methyl sites for hydroxylation is 2. The number of hydrogen-bond acceptors (Lipinski definition) is 3. The maximum atomic E-state index is 13.2. The third-order valence-corrected chi connectivity index (χ3v) is 5.07. The molecule has 0 spiro atoms. The van der Waals surface area contributed by atoms with E-state index in [1.165, 1.54) is 5.56 Å². The van der Waals surface area contributed by atoms with Crippen LogP contribution in [0.2, 0.25) is 0 Å². The first kappa shape index (κ1) is 17.7. The number of benzene rings is 1. The molecule has 0 N–H and O–H groups in total. The summed E-state index contributed by atoms with van der Waals surface area (Å²) in [6.45, 7) is 9.70. The minimum atomic E-state index is 0.140. The molecule has 2 aromatic rings. The Labute approximate surface area is 150 Å². The van der Waals surface area contributed by atoms with Gasteiger partial charge in [-0.1, -0.05) is 32.0 Å². The van der Waals surface area contributed by atoms with Gasteiger partial charge in [0, 0.05) is 26.2 Å². The molecule has 1 fully saturated rings. The van der Waals surface area contributed by atoms with E-state index >= 15 is 0 Å². The number of nitrogens with zero attached hydrogens (tertiary/aromatic N) is 4. The molecule has 2 heterocycles. The molecule has 0 aliphatic carbocycles.